The van der Waals surface area contributed by atoms with E-state index >= 15 is 0 Å². The Hall–Kier alpha value is -1.34. The average molecular weight is 261 g/mol. The van der Waals surface area contributed by atoms with Gasteiger partial charge in [0.1, 0.15) is 5.82 Å². The van der Waals surface area contributed by atoms with Crippen LogP contribution in [0.4, 0.5) is 15.8 Å². The summed E-state index contributed by atoms with van der Waals surface area (Å²) in [6, 6.07) is 4.07. The predicted octanol–water partition coefficient (Wildman–Crippen LogP) is 0.759. The first-order valence-electron chi connectivity index (χ1n) is 5.12. The third-order valence-electron chi connectivity index (χ3n) is 2.05. The minimum atomic E-state index is -3.15. The first-order chi connectivity index (χ1) is 7.88. The van der Waals surface area contributed by atoms with E-state index in [-0.39, 0.29) is 5.82 Å². The standard InChI is InChI=1S/C10H16FN3O2S/c1-17(15,16)14-6-2-5-13-10-7-8(11)3-4-9(10)12/h3-4,7,13-14H,2,5-6,12H2,1H3. The number of nitrogens with two attached hydrogens (primary N) is 1. The van der Waals surface area contributed by atoms with Crippen molar-refractivity contribution in [2.24, 2.45) is 0 Å². The van der Waals surface area contributed by atoms with E-state index in [1.54, 1.807) is 0 Å². The van der Waals surface area contributed by atoms with Crippen molar-refractivity contribution in [1.82, 2.24) is 4.72 Å². The molecule has 0 unspecified atom stereocenters. The lowest BCUT2D eigenvalue weighted by Gasteiger charge is -2.09. The molecular weight excluding hydrogens is 245 g/mol. The quantitative estimate of drug-likeness (QED) is 0.521. The molecule has 5 nitrogen and oxygen atoms in total. The summed E-state index contributed by atoms with van der Waals surface area (Å²) in [7, 11) is -3.15. The highest BCUT2D eigenvalue weighted by Crippen LogP contribution is 2.18. The maximum Gasteiger partial charge on any atom is 0.208 e. The van der Waals surface area contributed by atoms with E-state index < -0.39 is 10.0 Å². The summed E-state index contributed by atoms with van der Waals surface area (Å²) in [6.07, 6.45) is 1.69. The molecule has 1 rings (SSSR count). The van der Waals surface area contributed by atoms with Crippen LogP contribution in [0.25, 0.3) is 0 Å². The molecule has 0 heterocycles. The molecule has 96 valence electrons. The fourth-order valence-electron chi connectivity index (χ4n) is 1.25. The fourth-order valence-corrected chi connectivity index (χ4v) is 1.77. The molecule has 0 aliphatic heterocycles. The Morgan fingerprint density at radius 1 is 1.35 bits per heavy atom. The number of hydrogen-bond donors (Lipinski definition) is 3. The van der Waals surface area contributed by atoms with Crippen molar-refractivity contribution in [3.05, 3.63) is 24.0 Å². The Kier molecular flexibility index (Phi) is 4.71. The van der Waals surface area contributed by atoms with Gasteiger partial charge in [-0.05, 0) is 24.6 Å². The minimum Gasteiger partial charge on any atom is -0.397 e. The molecule has 0 saturated heterocycles. The molecule has 0 atom stereocenters. The number of halogens is 1. The SMILES string of the molecule is CS(=O)(=O)NCCCNc1cc(F)ccc1N. The number of benzene rings is 1. The van der Waals surface area contributed by atoms with Crippen molar-refractivity contribution >= 4 is 21.4 Å². The van der Waals surface area contributed by atoms with Gasteiger partial charge in [0.2, 0.25) is 10.0 Å². The molecule has 1 aromatic carbocycles. The van der Waals surface area contributed by atoms with E-state index in [0.29, 0.717) is 30.9 Å². The van der Waals surface area contributed by atoms with E-state index in [9.17, 15) is 12.8 Å². The first kappa shape index (κ1) is 13.7. The van der Waals surface area contributed by atoms with Crippen LogP contribution in [0.1, 0.15) is 6.42 Å². The molecule has 0 aliphatic rings. The zero-order chi connectivity index (χ0) is 12.9. The van der Waals surface area contributed by atoms with Crippen molar-refractivity contribution in [3.63, 3.8) is 0 Å². The van der Waals surface area contributed by atoms with Gasteiger partial charge in [-0.25, -0.2) is 17.5 Å². The number of nitrogens with one attached hydrogen (secondary N) is 2. The van der Waals surface area contributed by atoms with Gasteiger partial charge in [-0.1, -0.05) is 0 Å². The minimum absolute atomic E-state index is 0.334. The van der Waals surface area contributed by atoms with Gasteiger partial charge >= 0.3 is 0 Å². The Morgan fingerprint density at radius 2 is 2.06 bits per heavy atom. The highest BCUT2D eigenvalue weighted by molar-refractivity contribution is 7.88. The highest BCUT2D eigenvalue weighted by atomic mass is 32.2. The van der Waals surface area contributed by atoms with Gasteiger partial charge in [-0.3, -0.25) is 0 Å². The maximum atomic E-state index is 12.9. The third-order valence-corrected chi connectivity index (χ3v) is 2.78. The summed E-state index contributed by atoms with van der Waals surface area (Å²) < 4.78 is 36.8. The molecular formula is C10H16FN3O2S. The molecule has 7 heteroatoms. The van der Waals surface area contributed by atoms with Crippen molar-refractivity contribution in [3.8, 4) is 0 Å². The summed E-state index contributed by atoms with van der Waals surface area (Å²) >= 11 is 0. The average Bonchev–Trinajstić information content (AvgIpc) is 2.21. The van der Waals surface area contributed by atoms with Gasteiger partial charge in [0.15, 0.2) is 0 Å². The molecule has 0 aromatic heterocycles. The summed E-state index contributed by atoms with van der Waals surface area (Å²) in [5.41, 5.74) is 6.61. The van der Waals surface area contributed by atoms with Gasteiger partial charge in [0, 0.05) is 13.1 Å². The van der Waals surface area contributed by atoms with Gasteiger partial charge in [-0.15, -0.1) is 0 Å². The lowest BCUT2D eigenvalue weighted by Crippen LogP contribution is -2.24. The zero-order valence-corrected chi connectivity index (χ0v) is 10.3. The predicted molar refractivity (Wildman–Crippen MR) is 66.8 cm³/mol. The Balaban J connectivity index is 2.34. The van der Waals surface area contributed by atoms with Crippen molar-refractivity contribution in [2.75, 3.05) is 30.4 Å². The molecule has 0 spiro atoms. The highest BCUT2D eigenvalue weighted by Gasteiger charge is 2.01. The van der Waals surface area contributed by atoms with E-state index in [0.717, 1.165) is 6.26 Å². The summed E-state index contributed by atoms with van der Waals surface area (Å²) in [5.74, 6) is -0.365. The summed E-state index contributed by atoms with van der Waals surface area (Å²) in [6.45, 7) is 0.844. The molecule has 17 heavy (non-hydrogen) atoms. The van der Waals surface area contributed by atoms with E-state index in [2.05, 4.69) is 10.0 Å². The van der Waals surface area contributed by atoms with Crippen LogP contribution in [0.15, 0.2) is 18.2 Å². The monoisotopic (exact) mass is 261 g/mol. The zero-order valence-electron chi connectivity index (χ0n) is 9.53. The Labute approximate surface area is 100 Å². The van der Waals surface area contributed by atoms with Crippen molar-refractivity contribution in [2.45, 2.75) is 6.42 Å². The van der Waals surface area contributed by atoms with Crippen LogP contribution in [-0.2, 0) is 10.0 Å². The number of anilines is 2. The topological polar surface area (TPSA) is 84.2 Å². The molecule has 0 aliphatic carbocycles. The van der Waals surface area contributed by atoms with Crippen LogP contribution in [0.3, 0.4) is 0 Å². The molecule has 0 amide bonds. The van der Waals surface area contributed by atoms with Crippen LogP contribution in [0.5, 0.6) is 0 Å². The largest absolute Gasteiger partial charge is 0.397 e. The lowest BCUT2D eigenvalue weighted by atomic mass is 10.2. The molecule has 0 saturated carbocycles. The number of sulfonamides is 1. The number of nitrogen functional groups attached to an aromatic ring is 1. The van der Waals surface area contributed by atoms with E-state index in [1.165, 1.54) is 18.2 Å². The van der Waals surface area contributed by atoms with E-state index in [4.69, 9.17) is 5.73 Å². The van der Waals surface area contributed by atoms with Crippen LogP contribution in [0.2, 0.25) is 0 Å². The smallest absolute Gasteiger partial charge is 0.208 e. The fraction of sp³-hybridized carbons (Fsp3) is 0.400. The second-order valence-corrected chi connectivity index (χ2v) is 5.51. The van der Waals surface area contributed by atoms with Gasteiger partial charge in [0.05, 0.1) is 17.6 Å². The molecule has 0 radical (unpaired) electrons. The Morgan fingerprint density at radius 3 is 2.71 bits per heavy atom. The van der Waals surface area contributed by atoms with Gasteiger partial charge in [0.25, 0.3) is 0 Å². The maximum absolute atomic E-state index is 12.9. The second-order valence-electron chi connectivity index (χ2n) is 3.68. The molecule has 0 fully saturated rings. The first-order valence-corrected chi connectivity index (χ1v) is 7.01. The molecule has 1 aromatic rings. The van der Waals surface area contributed by atoms with Crippen LogP contribution in [0, 0.1) is 5.82 Å². The van der Waals surface area contributed by atoms with Crippen LogP contribution < -0.4 is 15.8 Å². The normalized spacial score (nSPS) is 11.4. The Bertz CT molecular complexity index is 476. The van der Waals surface area contributed by atoms with Crippen molar-refractivity contribution < 1.29 is 12.8 Å². The van der Waals surface area contributed by atoms with Crippen LogP contribution >= 0.6 is 0 Å². The molecule has 0 bridgehead atoms. The summed E-state index contributed by atoms with van der Waals surface area (Å²) in [4.78, 5) is 0. The number of rotatable bonds is 6. The molecule has 4 N–H and O–H groups in total. The summed E-state index contributed by atoms with van der Waals surface area (Å²) in [5, 5.41) is 2.94. The van der Waals surface area contributed by atoms with Gasteiger partial charge in [-0.2, -0.15) is 0 Å². The number of hydrogen-bond acceptors (Lipinski definition) is 4. The third kappa shape index (κ3) is 5.50. The van der Waals surface area contributed by atoms with Gasteiger partial charge < -0.3 is 11.1 Å². The van der Waals surface area contributed by atoms with E-state index in [1.807, 2.05) is 0 Å². The van der Waals surface area contributed by atoms with Crippen LogP contribution in [-0.4, -0.2) is 27.8 Å². The second kappa shape index (κ2) is 5.83. The van der Waals surface area contributed by atoms with Crippen molar-refractivity contribution in [1.29, 1.82) is 0 Å². The lowest BCUT2D eigenvalue weighted by molar-refractivity contribution is 0.586.